The molecule has 0 spiro atoms. The molecule has 1 aliphatic heterocycles. The van der Waals surface area contributed by atoms with Crippen molar-refractivity contribution in [2.75, 3.05) is 39.4 Å². The molecule has 3 N–H and O–H groups in total. The van der Waals surface area contributed by atoms with Crippen LogP contribution in [0.4, 0.5) is 4.79 Å². The molecule has 0 aromatic heterocycles. The summed E-state index contributed by atoms with van der Waals surface area (Å²) in [4.78, 5) is 34.8. The minimum absolute atomic E-state index is 0.453. The van der Waals surface area contributed by atoms with Gasteiger partial charge in [-0.1, -0.05) is 0 Å². The Bertz CT molecular complexity index is 328. The number of hydrogen-bond acceptors (Lipinski definition) is 5. The first-order chi connectivity index (χ1) is 9.08. The van der Waals surface area contributed by atoms with Gasteiger partial charge >= 0.3 is 12.0 Å². The average molecular weight is 273 g/mol. The van der Waals surface area contributed by atoms with Gasteiger partial charge in [0.2, 0.25) is 0 Å². The normalized spacial score (nSPS) is 15.2. The van der Waals surface area contributed by atoms with Crippen molar-refractivity contribution in [2.24, 2.45) is 0 Å². The van der Waals surface area contributed by atoms with Crippen molar-refractivity contribution >= 4 is 17.9 Å². The third-order valence-corrected chi connectivity index (χ3v) is 2.62. The number of aliphatic carboxylic acids is 1. The number of nitrogens with zero attached hydrogens (tertiary/aromatic N) is 1. The van der Waals surface area contributed by atoms with Crippen LogP contribution in [0.5, 0.6) is 0 Å². The summed E-state index contributed by atoms with van der Waals surface area (Å²) in [5.74, 6) is -1.83. The highest BCUT2D eigenvalue weighted by atomic mass is 16.5. The minimum atomic E-state index is -1.16. The smallest absolute Gasteiger partial charge is 0.329 e. The highest BCUT2D eigenvalue weighted by Gasteiger charge is 2.12. The van der Waals surface area contributed by atoms with Gasteiger partial charge in [0.1, 0.15) is 13.2 Å². The highest BCUT2D eigenvalue weighted by molar-refractivity contribution is 5.94. The van der Waals surface area contributed by atoms with Crippen molar-refractivity contribution in [2.45, 2.75) is 12.8 Å². The highest BCUT2D eigenvalue weighted by Crippen LogP contribution is 2.05. The van der Waals surface area contributed by atoms with Gasteiger partial charge in [-0.25, -0.2) is 9.59 Å². The molecule has 1 fully saturated rings. The summed E-state index contributed by atoms with van der Waals surface area (Å²) in [5.41, 5.74) is 0. The van der Waals surface area contributed by atoms with E-state index in [0.29, 0.717) is 6.54 Å². The standard InChI is InChI=1S/C11H19N3O5/c15-9(7-19-8-10(16)17)13-11(18)12-3-6-14-4-1-2-5-14/h1-8H2,(H,16,17)(H2,12,13,15,18). The van der Waals surface area contributed by atoms with E-state index in [-0.39, 0.29) is 0 Å². The summed E-state index contributed by atoms with van der Waals surface area (Å²) >= 11 is 0. The van der Waals surface area contributed by atoms with E-state index in [0.717, 1.165) is 19.6 Å². The van der Waals surface area contributed by atoms with Crippen LogP contribution in [-0.2, 0) is 14.3 Å². The molecule has 1 aliphatic rings. The fraction of sp³-hybridized carbons (Fsp3) is 0.727. The fourth-order valence-electron chi connectivity index (χ4n) is 1.77. The number of amides is 3. The number of ether oxygens (including phenoxy) is 1. The van der Waals surface area contributed by atoms with Gasteiger partial charge in [-0.2, -0.15) is 0 Å². The van der Waals surface area contributed by atoms with Gasteiger partial charge in [0.15, 0.2) is 0 Å². The topological polar surface area (TPSA) is 108 Å². The van der Waals surface area contributed by atoms with Gasteiger partial charge in [0.25, 0.3) is 5.91 Å². The third-order valence-electron chi connectivity index (χ3n) is 2.62. The van der Waals surface area contributed by atoms with Crippen LogP contribution in [0.1, 0.15) is 12.8 Å². The molecule has 0 aromatic carbocycles. The Morgan fingerprint density at radius 2 is 1.84 bits per heavy atom. The summed E-state index contributed by atoms with van der Waals surface area (Å²) in [5, 5.41) is 12.9. The number of carbonyl (C=O) groups is 3. The van der Waals surface area contributed by atoms with Gasteiger partial charge in [-0.05, 0) is 25.9 Å². The summed E-state index contributed by atoms with van der Waals surface area (Å²) in [6.45, 7) is 2.30. The maximum absolute atomic E-state index is 11.3. The lowest BCUT2D eigenvalue weighted by molar-refractivity contribution is -0.143. The van der Waals surface area contributed by atoms with Crippen LogP contribution in [0, 0.1) is 0 Å². The first-order valence-corrected chi connectivity index (χ1v) is 6.17. The molecule has 8 nitrogen and oxygen atoms in total. The average Bonchev–Trinajstić information content (AvgIpc) is 2.81. The monoisotopic (exact) mass is 273 g/mol. The zero-order chi connectivity index (χ0) is 14.1. The van der Waals surface area contributed by atoms with Crippen molar-refractivity contribution in [1.82, 2.24) is 15.5 Å². The van der Waals surface area contributed by atoms with E-state index in [4.69, 9.17) is 5.11 Å². The predicted molar refractivity (Wildman–Crippen MR) is 65.7 cm³/mol. The minimum Gasteiger partial charge on any atom is -0.480 e. The van der Waals surface area contributed by atoms with Crippen LogP contribution in [0.2, 0.25) is 0 Å². The molecule has 19 heavy (non-hydrogen) atoms. The van der Waals surface area contributed by atoms with Crippen molar-refractivity contribution in [3.63, 3.8) is 0 Å². The fourth-order valence-corrected chi connectivity index (χ4v) is 1.77. The Kier molecular flexibility index (Phi) is 6.83. The maximum atomic E-state index is 11.3. The van der Waals surface area contributed by atoms with E-state index >= 15 is 0 Å². The van der Waals surface area contributed by atoms with E-state index < -0.39 is 31.1 Å². The molecular weight excluding hydrogens is 254 g/mol. The molecule has 1 heterocycles. The number of likely N-dealkylation sites (tertiary alicyclic amines) is 1. The van der Waals surface area contributed by atoms with Crippen LogP contribution in [0.15, 0.2) is 0 Å². The molecule has 0 aliphatic carbocycles. The first-order valence-electron chi connectivity index (χ1n) is 6.17. The molecule has 8 heteroatoms. The van der Waals surface area contributed by atoms with Gasteiger partial charge < -0.3 is 20.1 Å². The lowest BCUT2D eigenvalue weighted by atomic mass is 10.4. The van der Waals surface area contributed by atoms with Crippen LogP contribution in [-0.4, -0.2) is 67.3 Å². The quantitative estimate of drug-likeness (QED) is 0.549. The lowest BCUT2D eigenvalue weighted by Gasteiger charge is -2.14. The number of rotatable bonds is 7. The zero-order valence-electron chi connectivity index (χ0n) is 10.7. The summed E-state index contributed by atoms with van der Waals surface area (Å²) in [7, 11) is 0. The molecule has 0 radical (unpaired) electrons. The Labute approximate surface area is 111 Å². The van der Waals surface area contributed by atoms with E-state index in [1.807, 2.05) is 0 Å². The van der Waals surface area contributed by atoms with E-state index in [1.165, 1.54) is 12.8 Å². The number of urea groups is 1. The van der Waals surface area contributed by atoms with Crippen molar-refractivity contribution in [3.05, 3.63) is 0 Å². The number of nitrogens with one attached hydrogen (secondary N) is 2. The van der Waals surface area contributed by atoms with Crippen LogP contribution < -0.4 is 10.6 Å². The first kappa shape index (κ1) is 15.4. The number of carboxylic acids is 1. The molecule has 0 unspecified atom stereocenters. The molecule has 108 valence electrons. The van der Waals surface area contributed by atoms with Gasteiger partial charge in [0.05, 0.1) is 0 Å². The molecule has 0 bridgehead atoms. The van der Waals surface area contributed by atoms with Crippen LogP contribution in [0.3, 0.4) is 0 Å². The predicted octanol–water partition coefficient (Wildman–Crippen LogP) is -0.991. The Balaban J connectivity index is 2.02. The molecular formula is C11H19N3O5. The summed E-state index contributed by atoms with van der Waals surface area (Å²) < 4.78 is 4.54. The Morgan fingerprint density at radius 3 is 2.47 bits per heavy atom. The van der Waals surface area contributed by atoms with Crippen molar-refractivity contribution in [3.8, 4) is 0 Å². The molecule has 0 atom stereocenters. The van der Waals surface area contributed by atoms with E-state index in [1.54, 1.807) is 0 Å². The molecule has 3 amide bonds. The van der Waals surface area contributed by atoms with Crippen molar-refractivity contribution < 1.29 is 24.2 Å². The van der Waals surface area contributed by atoms with Crippen LogP contribution in [0.25, 0.3) is 0 Å². The number of carbonyl (C=O) groups excluding carboxylic acids is 2. The summed E-state index contributed by atoms with van der Waals surface area (Å²) in [6.07, 6.45) is 2.37. The van der Waals surface area contributed by atoms with Crippen molar-refractivity contribution in [1.29, 1.82) is 0 Å². The zero-order valence-corrected chi connectivity index (χ0v) is 10.7. The maximum Gasteiger partial charge on any atom is 0.329 e. The van der Waals surface area contributed by atoms with Gasteiger partial charge in [0, 0.05) is 13.1 Å². The second-order valence-electron chi connectivity index (χ2n) is 4.24. The number of hydrogen-bond donors (Lipinski definition) is 3. The second-order valence-corrected chi connectivity index (χ2v) is 4.24. The van der Waals surface area contributed by atoms with E-state index in [9.17, 15) is 14.4 Å². The van der Waals surface area contributed by atoms with Crippen LogP contribution >= 0.6 is 0 Å². The third kappa shape index (κ3) is 7.37. The lowest BCUT2D eigenvalue weighted by Crippen LogP contribution is -2.43. The second kappa shape index (κ2) is 8.44. The Hall–Kier alpha value is -1.67. The summed E-state index contributed by atoms with van der Waals surface area (Å²) in [6, 6.07) is -0.594. The Morgan fingerprint density at radius 1 is 1.16 bits per heavy atom. The number of imide groups is 1. The molecule has 1 saturated heterocycles. The largest absolute Gasteiger partial charge is 0.480 e. The van der Waals surface area contributed by atoms with Gasteiger partial charge in [-0.3, -0.25) is 10.1 Å². The molecule has 1 rings (SSSR count). The molecule has 0 aromatic rings. The SMILES string of the molecule is O=C(O)COCC(=O)NC(=O)NCCN1CCCC1. The molecule has 0 saturated carbocycles. The van der Waals surface area contributed by atoms with Gasteiger partial charge in [-0.15, -0.1) is 0 Å². The van der Waals surface area contributed by atoms with E-state index in [2.05, 4.69) is 20.3 Å². The number of carboxylic acid groups (broad SMARTS) is 1.